The maximum atomic E-state index is 11.3. The fraction of sp³-hybridized carbons (Fsp3) is 0.500. The topological polar surface area (TPSA) is 49.9 Å². The molecule has 15 heavy (non-hydrogen) atoms. The molecule has 80 valence electrons. The van der Waals surface area contributed by atoms with E-state index < -0.39 is 0 Å². The van der Waals surface area contributed by atoms with Gasteiger partial charge in [-0.2, -0.15) is 10.1 Å². The molecule has 0 aromatic heterocycles. The summed E-state index contributed by atoms with van der Waals surface area (Å²) in [6.45, 7) is 0. The van der Waals surface area contributed by atoms with Crippen molar-refractivity contribution in [3.05, 3.63) is 0 Å². The first-order chi connectivity index (χ1) is 7.09. The van der Waals surface area contributed by atoms with Crippen molar-refractivity contribution in [3.63, 3.8) is 0 Å². The molecule has 2 heterocycles. The van der Waals surface area contributed by atoms with E-state index in [0.29, 0.717) is 35.7 Å². The zero-order valence-corrected chi connectivity index (χ0v) is 9.40. The molecule has 2 rings (SSSR count). The van der Waals surface area contributed by atoms with Crippen LogP contribution in [0.3, 0.4) is 0 Å². The van der Waals surface area contributed by atoms with Crippen LogP contribution in [0, 0.1) is 0 Å². The minimum atomic E-state index is -0.234. The minimum absolute atomic E-state index is 0.234. The lowest BCUT2D eigenvalue weighted by Gasteiger charge is -2.21. The van der Waals surface area contributed by atoms with Gasteiger partial charge in [0.05, 0.1) is 0 Å². The van der Waals surface area contributed by atoms with E-state index >= 15 is 0 Å². The van der Waals surface area contributed by atoms with Crippen molar-refractivity contribution < 1.29 is 14.5 Å². The Balaban J connectivity index is 2.08. The van der Waals surface area contributed by atoms with E-state index in [1.165, 1.54) is 0 Å². The van der Waals surface area contributed by atoms with Gasteiger partial charge >= 0.3 is 0 Å². The van der Waals surface area contributed by atoms with Crippen LogP contribution in [-0.2, 0) is 14.5 Å². The SMILES string of the molecule is O=C1CCC(=S)N1ON1C(=O)CCC1=S. The van der Waals surface area contributed by atoms with Crippen molar-refractivity contribution in [3.8, 4) is 0 Å². The summed E-state index contributed by atoms with van der Waals surface area (Å²) in [5, 5.41) is 1.95. The third kappa shape index (κ3) is 1.90. The molecule has 2 amide bonds. The van der Waals surface area contributed by atoms with Crippen molar-refractivity contribution >= 4 is 46.2 Å². The maximum absolute atomic E-state index is 11.3. The molecule has 0 aliphatic carbocycles. The lowest BCUT2D eigenvalue weighted by molar-refractivity contribution is -0.234. The molecule has 2 aliphatic heterocycles. The summed E-state index contributed by atoms with van der Waals surface area (Å²) in [4.78, 5) is 28.5. The second-order valence-electron chi connectivity index (χ2n) is 3.25. The first kappa shape index (κ1) is 10.6. The Morgan fingerprint density at radius 3 is 1.53 bits per heavy atom. The fourth-order valence-electron chi connectivity index (χ4n) is 1.38. The zero-order valence-electron chi connectivity index (χ0n) is 7.76. The van der Waals surface area contributed by atoms with Crippen LogP contribution < -0.4 is 0 Å². The van der Waals surface area contributed by atoms with Gasteiger partial charge in [-0.1, -0.05) is 24.4 Å². The molecule has 0 unspecified atom stereocenters. The van der Waals surface area contributed by atoms with Crippen LogP contribution >= 0.6 is 24.4 Å². The summed E-state index contributed by atoms with van der Waals surface area (Å²) in [7, 11) is 0. The Hall–Kier alpha value is -0.920. The molecule has 0 saturated carbocycles. The summed E-state index contributed by atoms with van der Waals surface area (Å²) in [6.07, 6.45) is 1.63. The average Bonchev–Trinajstić information content (AvgIpc) is 2.67. The molecular weight excluding hydrogens is 236 g/mol. The van der Waals surface area contributed by atoms with Gasteiger partial charge in [-0.05, 0) is 0 Å². The van der Waals surface area contributed by atoms with E-state index in [4.69, 9.17) is 29.4 Å². The summed E-state index contributed by atoms with van der Waals surface area (Å²) < 4.78 is 0. The fourth-order valence-corrected chi connectivity index (χ4v) is 1.85. The Bertz CT molecular complexity index is 303. The van der Waals surface area contributed by atoms with Gasteiger partial charge in [0.15, 0.2) is 0 Å². The predicted octanol–water partition coefficient (Wildman–Crippen LogP) is 0.733. The van der Waals surface area contributed by atoms with Crippen LogP contribution in [0.1, 0.15) is 25.7 Å². The Kier molecular flexibility index (Phi) is 2.76. The molecule has 0 radical (unpaired) electrons. The number of hydrogen-bond acceptors (Lipinski definition) is 5. The van der Waals surface area contributed by atoms with E-state index in [1.54, 1.807) is 0 Å². The molecule has 2 saturated heterocycles. The van der Waals surface area contributed by atoms with Crippen LogP contribution in [-0.4, -0.2) is 31.9 Å². The standard InChI is InChI=1S/C8H8N2O3S2/c11-5-1-3-7(14)9(5)13-10-6(12)2-4-8(10)15/h1-4H2. The van der Waals surface area contributed by atoms with Gasteiger partial charge in [0.2, 0.25) is 0 Å². The predicted molar refractivity (Wildman–Crippen MR) is 58.4 cm³/mol. The first-order valence-corrected chi connectivity index (χ1v) is 5.31. The smallest absolute Gasteiger partial charge is 0.253 e. The second kappa shape index (κ2) is 3.92. The van der Waals surface area contributed by atoms with Gasteiger partial charge in [0.25, 0.3) is 11.8 Å². The van der Waals surface area contributed by atoms with Gasteiger partial charge < -0.3 is 0 Å². The van der Waals surface area contributed by atoms with E-state index in [1.807, 2.05) is 0 Å². The summed E-state index contributed by atoms with van der Waals surface area (Å²) in [5.41, 5.74) is 0. The molecule has 2 aliphatic rings. The highest BCUT2D eigenvalue weighted by Crippen LogP contribution is 2.20. The van der Waals surface area contributed by atoms with E-state index in [0.717, 1.165) is 10.1 Å². The van der Waals surface area contributed by atoms with Gasteiger partial charge in [-0.3, -0.25) is 9.59 Å². The number of amides is 2. The van der Waals surface area contributed by atoms with Gasteiger partial charge in [0.1, 0.15) is 9.98 Å². The summed E-state index contributed by atoms with van der Waals surface area (Å²) in [5.74, 6) is -0.468. The summed E-state index contributed by atoms with van der Waals surface area (Å²) in [6, 6.07) is 0. The zero-order chi connectivity index (χ0) is 11.0. The number of carbonyl (C=O) groups is 2. The molecule has 7 heteroatoms. The lowest BCUT2D eigenvalue weighted by atomic mass is 10.4. The Labute approximate surface area is 96.9 Å². The van der Waals surface area contributed by atoms with Crippen LogP contribution in [0.4, 0.5) is 0 Å². The molecule has 0 bridgehead atoms. The van der Waals surface area contributed by atoms with Crippen molar-refractivity contribution in [1.29, 1.82) is 0 Å². The normalized spacial score (nSPS) is 22.1. The molecule has 0 spiro atoms. The number of rotatable bonds is 2. The average molecular weight is 244 g/mol. The second-order valence-corrected chi connectivity index (χ2v) is 4.19. The van der Waals surface area contributed by atoms with Crippen molar-refractivity contribution in [1.82, 2.24) is 10.1 Å². The van der Waals surface area contributed by atoms with Crippen LogP contribution in [0.25, 0.3) is 0 Å². The highest BCUT2D eigenvalue weighted by Gasteiger charge is 2.35. The molecule has 0 atom stereocenters. The first-order valence-electron chi connectivity index (χ1n) is 4.49. The monoisotopic (exact) mass is 244 g/mol. The molecule has 5 nitrogen and oxygen atoms in total. The van der Waals surface area contributed by atoms with E-state index in [9.17, 15) is 9.59 Å². The van der Waals surface area contributed by atoms with E-state index in [2.05, 4.69) is 0 Å². The molecule has 0 aromatic carbocycles. The van der Waals surface area contributed by atoms with E-state index in [-0.39, 0.29) is 11.8 Å². The molecule has 0 aromatic rings. The lowest BCUT2D eigenvalue weighted by Crippen LogP contribution is -2.40. The van der Waals surface area contributed by atoms with Gasteiger partial charge in [-0.25, -0.2) is 0 Å². The third-order valence-corrected chi connectivity index (χ3v) is 2.91. The maximum Gasteiger partial charge on any atom is 0.253 e. The number of carbonyl (C=O) groups excluding carboxylic acids is 2. The van der Waals surface area contributed by atoms with Crippen molar-refractivity contribution in [2.24, 2.45) is 0 Å². The van der Waals surface area contributed by atoms with Gasteiger partial charge in [0, 0.05) is 25.7 Å². The van der Waals surface area contributed by atoms with Gasteiger partial charge in [-0.15, -0.1) is 4.94 Å². The third-order valence-electron chi connectivity index (χ3n) is 2.17. The van der Waals surface area contributed by atoms with Crippen LogP contribution in [0.5, 0.6) is 0 Å². The summed E-state index contributed by atoms with van der Waals surface area (Å²) >= 11 is 9.86. The molecular formula is C8H8N2O3S2. The van der Waals surface area contributed by atoms with Crippen molar-refractivity contribution in [2.45, 2.75) is 25.7 Å². The number of nitrogens with zero attached hydrogens (tertiary/aromatic N) is 2. The molecule has 0 N–H and O–H groups in total. The number of thiocarbonyl (C=S) groups is 2. The van der Waals surface area contributed by atoms with Crippen LogP contribution in [0.15, 0.2) is 0 Å². The highest BCUT2D eigenvalue weighted by molar-refractivity contribution is 7.80. The minimum Gasteiger partial charge on any atom is -0.272 e. The Morgan fingerprint density at radius 1 is 0.867 bits per heavy atom. The number of hydrogen-bond donors (Lipinski definition) is 0. The van der Waals surface area contributed by atoms with Crippen molar-refractivity contribution in [2.75, 3.05) is 0 Å². The Morgan fingerprint density at radius 2 is 1.27 bits per heavy atom. The molecule has 2 fully saturated rings. The van der Waals surface area contributed by atoms with Crippen LogP contribution in [0.2, 0.25) is 0 Å². The quantitative estimate of drug-likeness (QED) is 0.670. The largest absolute Gasteiger partial charge is 0.272 e. The highest BCUT2D eigenvalue weighted by atomic mass is 32.1. The number of hydroxylamine groups is 4.